The van der Waals surface area contributed by atoms with E-state index in [1.807, 2.05) is 0 Å². The third-order valence-electron chi connectivity index (χ3n) is 3.86. The van der Waals surface area contributed by atoms with Crippen molar-refractivity contribution in [2.75, 3.05) is 19.1 Å². The van der Waals surface area contributed by atoms with Crippen molar-refractivity contribution in [1.82, 2.24) is 5.32 Å². The highest BCUT2D eigenvalue weighted by Crippen LogP contribution is 2.24. The normalized spacial score (nSPS) is 20.4. The molecule has 1 aliphatic rings. The van der Waals surface area contributed by atoms with Crippen molar-refractivity contribution in [3.8, 4) is 0 Å². The van der Waals surface area contributed by atoms with Crippen LogP contribution in [0, 0.1) is 5.92 Å². The third kappa shape index (κ3) is 4.43. The van der Waals surface area contributed by atoms with Gasteiger partial charge in [0.25, 0.3) is 0 Å². The van der Waals surface area contributed by atoms with Gasteiger partial charge in [0, 0.05) is 25.0 Å². The Balaban J connectivity index is 2.53. The Labute approximate surface area is 116 Å². The molecule has 1 amide bonds. The monoisotopic (exact) mass is 275 g/mol. The molecule has 0 aliphatic carbocycles. The predicted molar refractivity (Wildman–Crippen MR) is 75.0 cm³/mol. The minimum absolute atomic E-state index is 0.132. The molecule has 1 heterocycles. The molecule has 0 aromatic rings. The van der Waals surface area contributed by atoms with E-state index in [-0.39, 0.29) is 17.4 Å². The topological polar surface area (TPSA) is 38.3 Å². The van der Waals surface area contributed by atoms with Crippen LogP contribution >= 0.6 is 11.6 Å². The summed E-state index contributed by atoms with van der Waals surface area (Å²) in [6, 6.07) is 0. The Kier molecular flexibility index (Phi) is 7.02. The zero-order valence-electron chi connectivity index (χ0n) is 11.6. The fourth-order valence-corrected chi connectivity index (χ4v) is 2.72. The predicted octanol–water partition coefficient (Wildman–Crippen LogP) is 3.11. The number of hydrogen-bond acceptors (Lipinski definition) is 2. The first-order valence-corrected chi connectivity index (χ1v) is 7.66. The summed E-state index contributed by atoms with van der Waals surface area (Å²) in [4.78, 5) is 12.3. The van der Waals surface area contributed by atoms with Crippen molar-refractivity contribution >= 4 is 17.5 Å². The summed E-state index contributed by atoms with van der Waals surface area (Å²) in [5, 5.41) is 3.19. The summed E-state index contributed by atoms with van der Waals surface area (Å²) < 4.78 is 5.35. The number of carbonyl (C=O) groups is 1. The molecule has 1 unspecified atom stereocenters. The zero-order chi connectivity index (χ0) is 13.4. The lowest BCUT2D eigenvalue weighted by Crippen LogP contribution is -2.54. The van der Waals surface area contributed by atoms with Crippen LogP contribution in [-0.4, -0.2) is 30.5 Å². The smallest absolute Gasteiger partial charge is 0.223 e. The Morgan fingerprint density at radius 3 is 2.56 bits per heavy atom. The van der Waals surface area contributed by atoms with E-state index in [0.29, 0.717) is 19.1 Å². The highest BCUT2D eigenvalue weighted by Gasteiger charge is 2.34. The molecule has 0 spiro atoms. The average Bonchev–Trinajstić information content (AvgIpc) is 2.40. The van der Waals surface area contributed by atoms with Crippen LogP contribution in [0.5, 0.6) is 0 Å². The maximum atomic E-state index is 12.3. The van der Waals surface area contributed by atoms with Gasteiger partial charge in [-0.2, -0.15) is 0 Å². The van der Waals surface area contributed by atoms with Crippen molar-refractivity contribution in [2.45, 2.75) is 57.9 Å². The number of alkyl halides is 1. The molecule has 1 saturated heterocycles. The van der Waals surface area contributed by atoms with Crippen molar-refractivity contribution in [3.05, 3.63) is 0 Å². The first kappa shape index (κ1) is 15.8. The van der Waals surface area contributed by atoms with Gasteiger partial charge in [-0.25, -0.2) is 0 Å². The molecule has 18 heavy (non-hydrogen) atoms. The van der Waals surface area contributed by atoms with E-state index in [9.17, 15) is 4.79 Å². The van der Waals surface area contributed by atoms with Gasteiger partial charge in [0.1, 0.15) is 0 Å². The molecule has 1 rings (SSSR count). The maximum Gasteiger partial charge on any atom is 0.223 e. The first-order chi connectivity index (χ1) is 8.67. The summed E-state index contributed by atoms with van der Waals surface area (Å²) in [7, 11) is 0. The number of rotatable bonds is 7. The number of hydrogen-bond donors (Lipinski definition) is 1. The van der Waals surface area contributed by atoms with Crippen LogP contribution in [-0.2, 0) is 9.53 Å². The second kappa shape index (κ2) is 8.00. The van der Waals surface area contributed by atoms with E-state index in [2.05, 4.69) is 19.2 Å². The van der Waals surface area contributed by atoms with Gasteiger partial charge >= 0.3 is 0 Å². The summed E-state index contributed by atoms with van der Waals surface area (Å²) in [5.74, 6) is 0.785. The number of nitrogens with one attached hydrogen (secondary N) is 1. The Bertz CT molecular complexity index is 252. The largest absolute Gasteiger partial charge is 0.381 e. The van der Waals surface area contributed by atoms with E-state index >= 15 is 0 Å². The highest BCUT2D eigenvalue weighted by atomic mass is 35.5. The molecule has 0 radical (unpaired) electrons. The summed E-state index contributed by atoms with van der Waals surface area (Å²) >= 11 is 6.06. The number of halogens is 1. The van der Waals surface area contributed by atoms with Gasteiger partial charge in [0.2, 0.25) is 5.91 Å². The molecule has 1 aliphatic heterocycles. The molecule has 0 bridgehead atoms. The minimum Gasteiger partial charge on any atom is -0.381 e. The molecule has 0 aromatic heterocycles. The molecule has 4 heteroatoms. The van der Waals surface area contributed by atoms with Gasteiger partial charge < -0.3 is 10.1 Å². The Morgan fingerprint density at radius 2 is 2.06 bits per heavy atom. The Hall–Kier alpha value is -0.280. The van der Waals surface area contributed by atoms with Crippen LogP contribution in [0.1, 0.15) is 52.4 Å². The molecule has 3 nitrogen and oxygen atoms in total. The van der Waals surface area contributed by atoms with Crippen molar-refractivity contribution in [3.63, 3.8) is 0 Å². The van der Waals surface area contributed by atoms with Crippen molar-refractivity contribution < 1.29 is 9.53 Å². The van der Waals surface area contributed by atoms with Crippen molar-refractivity contribution in [1.29, 1.82) is 0 Å². The fourth-order valence-electron chi connectivity index (χ4n) is 2.39. The van der Waals surface area contributed by atoms with Crippen LogP contribution in [0.3, 0.4) is 0 Å². The quantitative estimate of drug-likeness (QED) is 0.725. The molecule has 0 saturated carbocycles. The molecule has 1 atom stereocenters. The van der Waals surface area contributed by atoms with E-state index in [1.165, 1.54) is 0 Å². The maximum absolute atomic E-state index is 12.3. The van der Waals surface area contributed by atoms with Crippen LogP contribution in [0.2, 0.25) is 0 Å². The second-order valence-electron chi connectivity index (χ2n) is 5.26. The zero-order valence-corrected chi connectivity index (χ0v) is 12.4. The first-order valence-electron chi connectivity index (χ1n) is 7.13. The van der Waals surface area contributed by atoms with E-state index < -0.39 is 0 Å². The van der Waals surface area contributed by atoms with E-state index in [4.69, 9.17) is 16.3 Å². The average molecular weight is 276 g/mol. The van der Waals surface area contributed by atoms with E-state index in [1.54, 1.807) is 0 Å². The number of amides is 1. The van der Waals surface area contributed by atoms with Gasteiger partial charge in [-0.05, 0) is 25.7 Å². The molecular formula is C14H26ClNO2. The summed E-state index contributed by atoms with van der Waals surface area (Å²) in [6.45, 7) is 5.62. The number of unbranched alkanes of at least 4 members (excludes halogenated alkanes) is 1. The van der Waals surface area contributed by atoms with Gasteiger partial charge in [-0.15, -0.1) is 11.6 Å². The summed E-state index contributed by atoms with van der Waals surface area (Å²) in [5.41, 5.74) is -0.240. The van der Waals surface area contributed by atoms with Crippen molar-refractivity contribution in [2.24, 2.45) is 5.92 Å². The second-order valence-corrected chi connectivity index (χ2v) is 5.53. The Morgan fingerprint density at radius 1 is 1.39 bits per heavy atom. The van der Waals surface area contributed by atoms with Crippen LogP contribution in [0.25, 0.3) is 0 Å². The minimum atomic E-state index is -0.240. The van der Waals surface area contributed by atoms with Gasteiger partial charge in [0.15, 0.2) is 0 Å². The fraction of sp³-hybridized carbons (Fsp3) is 0.929. The lowest BCUT2D eigenvalue weighted by atomic mass is 9.90. The standard InChI is InChI=1S/C14H26ClNO2/c1-3-5-6-12(4-2)13(17)16-14(11-15)7-9-18-10-8-14/h12H,3-11H2,1-2H3,(H,16,17). The lowest BCUT2D eigenvalue weighted by molar-refractivity contribution is -0.128. The molecule has 0 aromatic carbocycles. The van der Waals surface area contributed by atoms with Crippen LogP contribution in [0.4, 0.5) is 0 Å². The molecule has 106 valence electrons. The van der Waals surface area contributed by atoms with Gasteiger partial charge in [-0.1, -0.05) is 26.7 Å². The van der Waals surface area contributed by atoms with Crippen LogP contribution in [0.15, 0.2) is 0 Å². The SMILES string of the molecule is CCCCC(CC)C(=O)NC1(CCl)CCOCC1. The van der Waals surface area contributed by atoms with Gasteiger partial charge in [0.05, 0.1) is 5.54 Å². The molecule has 1 fully saturated rings. The number of carbonyl (C=O) groups excluding carboxylic acids is 1. The van der Waals surface area contributed by atoms with Gasteiger partial charge in [-0.3, -0.25) is 4.79 Å². The van der Waals surface area contributed by atoms with E-state index in [0.717, 1.165) is 38.5 Å². The molecule has 1 N–H and O–H groups in total. The third-order valence-corrected chi connectivity index (χ3v) is 4.38. The number of ether oxygens (including phenoxy) is 1. The molecular weight excluding hydrogens is 250 g/mol. The van der Waals surface area contributed by atoms with Crippen LogP contribution < -0.4 is 5.32 Å². The highest BCUT2D eigenvalue weighted by molar-refractivity contribution is 6.18. The lowest BCUT2D eigenvalue weighted by Gasteiger charge is -2.37. The summed E-state index contributed by atoms with van der Waals surface area (Å²) in [6.07, 6.45) is 5.79.